The number of rotatable bonds is 5. The Bertz CT molecular complexity index is 1060. The van der Waals surface area contributed by atoms with Gasteiger partial charge in [-0.05, 0) is 47.4 Å². The topological polar surface area (TPSA) is 74.4 Å². The van der Waals surface area contributed by atoms with E-state index in [0.717, 1.165) is 36.8 Å². The van der Waals surface area contributed by atoms with Crippen molar-refractivity contribution in [1.29, 1.82) is 0 Å². The molecule has 0 bridgehead atoms. The molecule has 2 atom stereocenters. The lowest BCUT2D eigenvalue weighted by Crippen LogP contribution is -2.27. The molecule has 1 aliphatic rings. The first-order valence-electron chi connectivity index (χ1n) is 12.2. The van der Waals surface area contributed by atoms with Crippen molar-refractivity contribution in [3.8, 4) is 17.2 Å². The number of phenols is 2. The fourth-order valence-corrected chi connectivity index (χ4v) is 4.36. The minimum absolute atomic E-state index is 0.0330. The van der Waals surface area contributed by atoms with Gasteiger partial charge in [0.15, 0.2) is 11.5 Å². The fourth-order valence-electron chi connectivity index (χ4n) is 4.36. The molecule has 5 nitrogen and oxygen atoms in total. The van der Waals surface area contributed by atoms with Gasteiger partial charge in [0.25, 0.3) is 0 Å². The molecule has 2 aromatic rings. The second-order valence-electron chi connectivity index (χ2n) is 11.3. The molecular weight excluding hydrogens is 424 g/mol. The first kappa shape index (κ1) is 25.8. The highest BCUT2D eigenvalue weighted by atomic mass is 16.5. The molecule has 0 amide bonds. The van der Waals surface area contributed by atoms with Crippen molar-refractivity contribution in [2.24, 2.45) is 9.98 Å². The van der Waals surface area contributed by atoms with Crippen LogP contribution in [0.1, 0.15) is 89.5 Å². The molecule has 0 spiro atoms. The van der Waals surface area contributed by atoms with Gasteiger partial charge in [-0.3, -0.25) is 9.98 Å². The van der Waals surface area contributed by atoms with Gasteiger partial charge < -0.3 is 14.9 Å². The third-order valence-electron chi connectivity index (χ3n) is 6.57. The molecule has 2 aromatic carbocycles. The zero-order chi connectivity index (χ0) is 25.1. The van der Waals surface area contributed by atoms with E-state index in [-0.39, 0.29) is 28.7 Å². The average Bonchev–Trinajstić information content (AvgIpc) is 2.76. The Morgan fingerprint density at radius 1 is 0.824 bits per heavy atom. The highest BCUT2D eigenvalue weighted by Crippen LogP contribution is 2.37. The van der Waals surface area contributed by atoms with E-state index in [1.54, 1.807) is 12.3 Å². The first-order chi connectivity index (χ1) is 15.9. The van der Waals surface area contributed by atoms with Gasteiger partial charge in [0.2, 0.25) is 0 Å². The van der Waals surface area contributed by atoms with Gasteiger partial charge in [-0.1, -0.05) is 66.5 Å². The van der Waals surface area contributed by atoms with Gasteiger partial charge in [0.05, 0.1) is 19.2 Å². The van der Waals surface area contributed by atoms with Crippen molar-refractivity contribution in [2.45, 2.75) is 90.1 Å². The van der Waals surface area contributed by atoms with E-state index in [4.69, 9.17) is 14.7 Å². The Morgan fingerprint density at radius 3 is 1.94 bits per heavy atom. The average molecular weight is 465 g/mol. The summed E-state index contributed by atoms with van der Waals surface area (Å²) in [4.78, 5) is 9.73. The number of hydrogen-bond acceptors (Lipinski definition) is 5. The van der Waals surface area contributed by atoms with E-state index in [0.29, 0.717) is 17.1 Å². The predicted octanol–water partition coefficient (Wildman–Crippen LogP) is 6.55. The second-order valence-corrected chi connectivity index (χ2v) is 11.3. The number of aliphatic imine (C=N–C) groups is 2. The minimum Gasteiger partial charge on any atom is -0.507 e. The van der Waals surface area contributed by atoms with Crippen LogP contribution in [0.3, 0.4) is 0 Å². The lowest BCUT2D eigenvalue weighted by molar-refractivity contribution is 0.373. The maximum Gasteiger partial charge on any atom is 0.166 e. The van der Waals surface area contributed by atoms with Crippen LogP contribution >= 0.6 is 0 Å². The molecule has 2 N–H and O–H groups in total. The SMILES string of the molecule is COc1cccc(C=N[C@H]2CCCC[C@@H]2N=Cc2cc(C(C)(C)C)cc(C(C)(C)C)c2O)c1O. The standard InChI is InChI=1S/C29H40N2O3/c1-28(2,3)21-15-20(26(32)22(16-21)29(4,5)6)18-31-24-13-9-8-12-23(24)30-17-19-11-10-14-25(34-7)27(19)33/h10-11,14-18,23-24,32-33H,8-9,12-13H2,1-7H3/t23-,24-/m0/s1. The van der Waals surface area contributed by atoms with Crippen molar-refractivity contribution in [2.75, 3.05) is 7.11 Å². The first-order valence-corrected chi connectivity index (χ1v) is 12.2. The molecule has 1 fully saturated rings. The number of aromatic hydroxyl groups is 2. The highest BCUT2D eigenvalue weighted by molar-refractivity contribution is 5.86. The van der Waals surface area contributed by atoms with Gasteiger partial charge in [-0.2, -0.15) is 0 Å². The monoisotopic (exact) mass is 464 g/mol. The molecule has 0 saturated heterocycles. The summed E-state index contributed by atoms with van der Waals surface area (Å²) in [7, 11) is 1.54. The number of para-hydroxylation sites is 1. The Balaban J connectivity index is 1.91. The van der Waals surface area contributed by atoms with Crippen LogP contribution < -0.4 is 4.74 Å². The van der Waals surface area contributed by atoms with Crippen LogP contribution in [0.4, 0.5) is 0 Å². The Morgan fingerprint density at radius 2 is 1.41 bits per heavy atom. The van der Waals surface area contributed by atoms with Crippen LogP contribution in [0, 0.1) is 0 Å². The van der Waals surface area contributed by atoms with Gasteiger partial charge in [-0.25, -0.2) is 0 Å². The zero-order valence-corrected chi connectivity index (χ0v) is 21.7. The number of nitrogens with zero attached hydrogens (tertiary/aromatic N) is 2. The summed E-state index contributed by atoms with van der Waals surface area (Å²) in [6.07, 6.45) is 7.68. The molecule has 5 heteroatoms. The summed E-state index contributed by atoms with van der Waals surface area (Å²) in [5.41, 5.74) is 3.31. The number of phenolic OH excluding ortho intramolecular Hbond substituents is 2. The summed E-state index contributed by atoms with van der Waals surface area (Å²) < 4.78 is 5.21. The van der Waals surface area contributed by atoms with Gasteiger partial charge in [0, 0.05) is 29.1 Å². The van der Waals surface area contributed by atoms with Crippen molar-refractivity contribution in [1.82, 2.24) is 0 Å². The Labute approximate surface area is 204 Å². The summed E-state index contributed by atoms with van der Waals surface area (Å²) >= 11 is 0. The van der Waals surface area contributed by atoms with Gasteiger partial charge in [0.1, 0.15) is 5.75 Å². The maximum absolute atomic E-state index is 11.1. The van der Waals surface area contributed by atoms with Crippen LogP contribution in [0.15, 0.2) is 40.3 Å². The third-order valence-corrected chi connectivity index (χ3v) is 6.57. The van der Waals surface area contributed by atoms with Crippen LogP contribution in [0.2, 0.25) is 0 Å². The molecular formula is C29H40N2O3. The number of ether oxygens (including phenoxy) is 1. The largest absolute Gasteiger partial charge is 0.507 e. The molecule has 0 aromatic heterocycles. The molecule has 0 heterocycles. The van der Waals surface area contributed by atoms with Crippen LogP contribution in [0.25, 0.3) is 0 Å². The minimum atomic E-state index is -0.176. The maximum atomic E-state index is 11.1. The lowest BCUT2D eigenvalue weighted by Gasteiger charge is -2.27. The van der Waals surface area contributed by atoms with E-state index in [9.17, 15) is 10.2 Å². The summed E-state index contributed by atoms with van der Waals surface area (Å²) in [5, 5.41) is 21.5. The molecule has 1 saturated carbocycles. The van der Waals surface area contributed by atoms with E-state index < -0.39 is 0 Å². The van der Waals surface area contributed by atoms with Crippen LogP contribution in [-0.2, 0) is 10.8 Å². The molecule has 0 aliphatic heterocycles. The Hall–Kier alpha value is -2.82. The van der Waals surface area contributed by atoms with E-state index in [1.807, 2.05) is 18.3 Å². The fraction of sp³-hybridized carbons (Fsp3) is 0.517. The summed E-state index contributed by atoms with van der Waals surface area (Å²) in [5.74, 6) is 0.843. The molecule has 0 radical (unpaired) electrons. The van der Waals surface area contributed by atoms with Gasteiger partial charge >= 0.3 is 0 Å². The normalized spacial score (nSPS) is 19.7. The quantitative estimate of drug-likeness (QED) is 0.493. The third kappa shape index (κ3) is 5.99. The summed E-state index contributed by atoms with van der Waals surface area (Å²) in [6.45, 7) is 12.9. The second kappa shape index (κ2) is 10.2. The molecule has 1 aliphatic carbocycles. The van der Waals surface area contributed by atoms with E-state index >= 15 is 0 Å². The number of hydrogen-bond donors (Lipinski definition) is 2. The van der Waals surface area contributed by atoms with E-state index in [1.165, 1.54) is 12.7 Å². The molecule has 34 heavy (non-hydrogen) atoms. The van der Waals surface area contributed by atoms with Crippen LogP contribution in [0.5, 0.6) is 17.2 Å². The van der Waals surface area contributed by atoms with E-state index in [2.05, 4.69) is 53.7 Å². The predicted molar refractivity (Wildman–Crippen MR) is 141 cm³/mol. The van der Waals surface area contributed by atoms with Crippen molar-refractivity contribution in [3.63, 3.8) is 0 Å². The highest BCUT2D eigenvalue weighted by Gasteiger charge is 2.26. The van der Waals surface area contributed by atoms with Crippen molar-refractivity contribution in [3.05, 3.63) is 52.6 Å². The molecule has 0 unspecified atom stereocenters. The molecule has 3 rings (SSSR count). The summed E-state index contributed by atoms with van der Waals surface area (Å²) in [6, 6.07) is 9.65. The number of benzene rings is 2. The van der Waals surface area contributed by atoms with Crippen molar-refractivity contribution < 1.29 is 14.9 Å². The molecule has 184 valence electrons. The lowest BCUT2D eigenvalue weighted by atomic mass is 9.79. The zero-order valence-electron chi connectivity index (χ0n) is 21.7. The van der Waals surface area contributed by atoms with Gasteiger partial charge in [-0.15, -0.1) is 0 Å². The smallest absolute Gasteiger partial charge is 0.166 e. The Kier molecular flexibility index (Phi) is 7.74. The van der Waals surface area contributed by atoms with Crippen LogP contribution in [-0.4, -0.2) is 41.8 Å². The van der Waals surface area contributed by atoms with Crippen molar-refractivity contribution >= 4 is 12.4 Å². The number of methoxy groups -OCH3 is 1.